The molecule has 2 aliphatic rings. The van der Waals surface area contributed by atoms with E-state index in [1.54, 1.807) is 6.07 Å². The zero-order valence-corrected chi connectivity index (χ0v) is 13.6. The normalized spacial score (nSPS) is 28.7. The topological polar surface area (TPSA) is 56.5 Å². The van der Waals surface area contributed by atoms with Gasteiger partial charge in [0.2, 0.25) is 0 Å². The Hall–Kier alpha value is -1.19. The molecule has 0 radical (unpaired) electrons. The predicted molar refractivity (Wildman–Crippen MR) is 84.5 cm³/mol. The molecule has 23 heavy (non-hydrogen) atoms. The lowest BCUT2D eigenvalue weighted by Gasteiger charge is -2.40. The van der Waals surface area contributed by atoms with Gasteiger partial charge < -0.3 is 9.84 Å². The number of nitriles is 1. The van der Waals surface area contributed by atoms with Gasteiger partial charge in [-0.1, -0.05) is 24.1 Å². The van der Waals surface area contributed by atoms with Crippen LogP contribution in [0.3, 0.4) is 0 Å². The van der Waals surface area contributed by atoms with Crippen LogP contribution in [-0.4, -0.2) is 41.9 Å². The van der Waals surface area contributed by atoms with Crippen LogP contribution in [-0.2, 0) is 11.3 Å². The highest BCUT2D eigenvalue weighted by Gasteiger charge is 2.37. The minimum absolute atomic E-state index is 0.102. The van der Waals surface area contributed by atoms with Crippen LogP contribution in [0, 0.1) is 23.1 Å². The first-order valence-electron chi connectivity index (χ1n) is 7.98. The summed E-state index contributed by atoms with van der Waals surface area (Å²) >= 11 is 6.20. The fraction of sp³-hybridized carbons (Fsp3) is 0.588. The van der Waals surface area contributed by atoms with Crippen LogP contribution in [0.1, 0.15) is 30.4 Å². The van der Waals surface area contributed by atoms with Crippen molar-refractivity contribution in [1.82, 2.24) is 4.90 Å². The summed E-state index contributed by atoms with van der Waals surface area (Å²) < 4.78 is 19.2. The van der Waals surface area contributed by atoms with Gasteiger partial charge in [-0.2, -0.15) is 5.26 Å². The van der Waals surface area contributed by atoms with E-state index in [9.17, 15) is 9.50 Å². The molecule has 0 amide bonds. The second-order valence-corrected chi connectivity index (χ2v) is 6.66. The van der Waals surface area contributed by atoms with Crippen molar-refractivity contribution in [3.63, 3.8) is 0 Å². The summed E-state index contributed by atoms with van der Waals surface area (Å²) in [6.45, 7) is 2.49. The minimum Gasteiger partial charge on any atom is -0.393 e. The summed E-state index contributed by atoms with van der Waals surface area (Å²) in [7, 11) is 0. The molecule has 4 nitrogen and oxygen atoms in total. The summed E-state index contributed by atoms with van der Waals surface area (Å²) in [5, 5.41) is 19.4. The van der Waals surface area contributed by atoms with Crippen LogP contribution >= 0.6 is 11.6 Å². The summed E-state index contributed by atoms with van der Waals surface area (Å²) in [5.41, 5.74) is 0.638. The molecule has 3 rings (SSSR count). The minimum atomic E-state index is -0.592. The Morgan fingerprint density at radius 1 is 1.43 bits per heavy atom. The third-order valence-corrected chi connectivity index (χ3v) is 5.39. The Bertz CT molecular complexity index is 619. The van der Waals surface area contributed by atoms with Crippen LogP contribution in [0.2, 0.25) is 5.02 Å². The predicted octanol–water partition coefficient (Wildman–Crippen LogP) is 2.71. The average Bonchev–Trinajstić information content (AvgIpc) is 2.97. The number of aliphatic hydroxyl groups excluding tert-OH is 1. The smallest absolute Gasteiger partial charge is 0.142 e. The Balaban J connectivity index is 1.81. The molecule has 1 aromatic rings. The fourth-order valence-electron chi connectivity index (χ4n) is 3.70. The molecule has 1 N–H and O–H groups in total. The molecule has 1 aromatic carbocycles. The van der Waals surface area contributed by atoms with E-state index in [4.69, 9.17) is 21.6 Å². The highest BCUT2D eigenvalue weighted by atomic mass is 35.5. The maximum Gasteiger partial charge on any atom is 0.142 e. The number of halogens is 2. The highest BCUT2D eigenvalue weighted by Crippen LogP contribution is 2.34. The lowest BCUT2D eigenvalue weighted by Crippen LogP contribution is -2.50. The number of morpholine rings is 1. The van der Waals surface area contributed by atoms with Crippen LogP contribution < -0.4 is 0 Å². The number of aliphatic hydroxyl groups is 1. The molecule has 1 saturated carbocycles. The van der Waals surface area contributed by atoms with Crippen molar-refractivity contribution in [1.29, 1.82) is 5.26 Å². The second-order valence-electron chi connectivity index (χ2n) is 6.28. The molecule has 0 aromatic heterocycles. The van der Waals surface area contributed by atoms with Crippen molar-refractivity contribution in [3.05, 3.63) is 34.1 Å². The van der Waals surface area contributed by atoms with Crippen molar-refractivity contribution in [3.8, 4) is 6.07 Å². The monoisotopic (exact) mass is 338 g/mol. The van der Waals surface area contributed by atoms with Crippen molar-refractivity contribution in [2.45, 2.75) is 38.0 Å². The molecule has 6 heteroatoms. The van der Waals surface area contributed by atoms with Gasteiger partial charge in [-0.25, -0.2) is 4.39 Å². The molecule has 0 bridgehead atoms. The number of nitrogens with zero attached hydrogens (tertiary/aromatic N) is 2. The molecule has 1 aliphatic carbocycles. The van der Waals surface area contributed by atoms with Crippen LogP contribution in [0.15, 0.2) is 12.1 Å². The van der Waals surface area contributed by atoms with E-state index in [2.05, 4.69) is 4.90 Å². The van der Waals surface area contributed by atoms with E-state index in [1.165, 1.54) is 6.07 Å². The van der Waals surface area contributed by atoms with Crippen molar-refractivity contribution < 1.29 is 14.2 Å². The average molecular weight is 339 g/mol. The van der Waals surface area contributed by atoms with Crippen LogP contribution in [0.25, 0.3) is 0 Å². The quantitative estimate of drug-likeness (QED) is 0.920. The number of hydrogen-bond acceptors (Lipinski definition) is 4. The summed E-state index contributed by atoms with van der Waals surface area (Å²) in [5.74, 6) is -0.393. The van der Waals surface area contributed by atoms with E-state index < -0.39 is 5.82 Å². The zero-order chi connectivity index (χ0) is 16.4. The van der Waals surface area contributed by atoms with Gasteiger partial charge in [0, 0.05) is 25.0 Å². The first-order valence-corrected chi connectivity index (χ1v) is 8.36. The SMILES string of the molecule is N#Cc1c(F)ccc(CN2CCOCC2C2CCCC2O)c1Cl. The number of hydrogen-bond donors (Lipinski definition) is 1. The van der Waals surface area contributed by atoms with Crippen LogP contribution in [0.4, 0.5) is 4.39 Å². The zero-order valence-electron chi connectivity index (χ0n) is 12.8. The van der Waals surface area contributed by atoms with Gasteiger partial charge in [0.1, 0.15) is 17.4 Å². The van der Waals surface area contributed by atoms with E-state index in [1.807, 2.05) is 6.07 Å². The Labute approximate surface area is 140 Å². The first-order chi connectivity index (χ1) is 11.1. The van der Waals surface area contributed by atoms with Gasteiger partial charge in [-0.15, -0.1) is 0 Å². The van der Waals surface area contributed by atoms with E-state index in [0.29, 0.717) is 19.8 Å². The van der Waals surface area contributed by atoms with Gasteiger partial charge in [0.25, 0.3) is 0 Å². The molecule has 3 unspecified atom stereocenters. The van der Waals surface area contributed by atoms with E-state index >= 15 is 0 Å². The largest absolute Gasteiger partial charge is 0.393 e. The van der Waals surface area contributed by atoms with Crippen molar-refractivity contribution in [2.24, 2.45) is 5.92 Å². The Morgan fingerprint density at radius 2 is 2.26 bits per heavy atom. The Kier molecular flexibility index (Phi) is 5.17. The molecule has 0 spiro atoms. The maximum atomic E-state index is 13.6. The molecule has 1 heterocycles. The maximum absolute atomic E-state index is 13.6. The van der Waals surface area contributed by atoms with Crippen molar-refractivity contribution >= 4 is 11.6 Å². The van der Waals surface area contributed by atoms with Gasteiger partial charge >= 0.3 is 0 Å². The first kappa shape index (κ1) is 16.7. The molecule has 1 aliphatic heterocycles. The standard InChI is InChI=1S/C17H20ClFN2O2/c18-17-11(4-5-14(19)13(17)8-20)9-21-6-7-23-10-15(21)12-2-1-3-16(12)22/h4-5,12,15-16,22H,1-3,6-7,9-10H2. The molecular weight excluding hydrogens is 319 g/mol. The van der Waals surface area contributed by atoms with Gasteiger partial charge in [0.15, 0.2) is 0 Å². The van der Waals surface area contributed by atoms with Gasteiger partial charge in [0.05, 0.1) is 24.3 Å². The molecule has 2 fully saturated rings. The lowest BCUT2D eigenvalue weighted by atomic mass is 9.93. The highest BCUT2D eigenvalue weighted by molar-refractivity contribution is 6.32. The van der Waals surface area contributed by atoms with Gasteiger partial charge in [-0.05, 0) is 24.5 Å². The third-order valence-electron chi connectivity index (χ3n) is 4.96. The Morgan fingerprint density at radius 3 is 2.96 bits per heavy atom. The van der Waals surface area contributed by atoms with E-state index in [0.717, 1.165) is 31.4 Å². The van der Waals surface area contributed by atoms with Crippen molar-refractivity contribution in [2.75, 3.05) is 19.8 Å². The molecular formula is C17H20ClFN2O2. The second kappa shape index (κ2) is 7.14. The van der Waals surface area contributed by atoms with Crippen LogP contribution in [0.5, 0.6) is 0 Å². The summed E-state index contributed by atoms with van der Waals surface area (Å²) in [6.07, 6.45) is 2.58. The summed E-state index contributed by atoms with van der Waals surface area (Å²) in [6, 6.07) is 4.88. The van der Waals surface area contributed by atoms with Gasteiger partial charge in [-0.3, -0.25) is 4.90 Å². The third kappa shape index (κ3) is 3.36. The molecule has 124 valence electrons. The molecule has 1 saturated heterocycles. The number of ether oxygens (including phenoxy) is 1. The molecule has 3 atom stereocenters. The lowest BCUT2D eigenvalue weighted by molar-refractivity contribution is -0.0536. The summed E-state index contributed by atoms with van der Waals surface area (Å²) in [4.78, 5) is 2.24. The number of rotatable bonds is 3. The number of benzene rings is 1. The van der Waals surface area contributed by atoms with E-state index in [-0.39, 0.29) is 28.6 Å². The fourth-order valence-corrected chi connectivity index (χ4v) is 3.96.